The van der Waals surface area contributed by atoms with Crippen molar-refractivity contribution < 1.29 is 19.0 Å². The zero-order chi connectivity index (χ0) is 16.3. The molecule has 116 valence electrons. The van der Waals surface area contributed by atoms with E-state index in [1.807, 2.05) is 19.9 Å². The Morgan fingerprint density at radius 1 is 1.29 bits per heavy atom. The quantitative estimate of drug-likeness (QED) is 0.885. The molecule has 0 atom stereocenters. The van der Waals surface area contributed by atoms with Crippen molar-refractivity contribution in [2.45, 2.75) is 20.8 Å². The van der Waals surface area contributed by atoms with Crippen LogP contribution < -0.4 is 0 Å². The molecule has 0 aliphatic rings. The SMILES string of the molecule is CC.CCOC(=O)c1c(F)cnn1-c1ccccc1.CO. The van der Waals surface area contributed by atoms with E-state index in [9.17, 15) is 9.18 Å². The van der Waals surface area contributed by atoms with Gasteiger partial charge in [0.05, 0.1) is 18.5 Å². The Morgan fingerprint density at radius 3 is 2.38 bits per heavy atom. The zero-order valence-electron chi connectivity index (χ0n) is 12.7. The van der Waals surface area contributed by atoms with E-state index >= 15 is 0 Å². The third-order valence-corrected chi connectivity index (χ3v) is 2.19. The first-order valence-electron chi connectivity index (χ1n) is 6.64. The second kappa shape index (κ2) is 10.6. The molecule has 1 aromatic carbocycles. The van der Waals surface area contributed by atoms with E-state index in [4.69, 9.17) is 9.84 Å². The molecule has 0 amide bonds. The third kappa shape index (κ3) is 5.00. The number of aliphatic hydroxyl groups excluding tert-OH is 1. The van der Waals surface area contributed by atoms with Crippen molar-refractivity contribution in [1.29, 1.82) is 0 Å². The van der Waals surface area contributed by atoms with Crippen LogP contribution in [0.4, 0.5) is 4.39 Å². The van der Waals surface area contributed by atoms with E-state index in [0.717, 1.165) is 13.3 Å². The summed E-state index contributed by atoms with van der Waals surface area (Å²) < 4.78 is 19.5. The van der Waals surface area contributed by atoms with Gasteiger partial charge in [0.2, 0.25) is 0 Å². The maximum Gasteiger partial charge on any atom is 0.360 e. The van der Waals surface area contributed by atoms with Crippen LogP contribution in [0.1, 0.15) is 31.3 Å². The summed E-state index contributed by atoms with van der Waals surface area (Å²) in [6.07, 6.45) is 0.999. The molecule has 2 rings (SSSR count). The average molecular weight is 296 g/mol. The summed E-state index contributed by atoms with van der Waals surface area (Å²) in [6.45, 7) is 5.86. The number of ether oxygens (including phenoxy) is 1. The van der Waals surface area contributed by atoms with Crippen molar-refractivity contribution in [3.8, 4) is 5.69 Å². The van der Waals surface area contributed by atoms with Crippen molar-refractivity contribution in [2.24, 2.45) is 0 Å². The van der Waals surface area contributed by atoms with E-state index in [2.05, 4.69) is 5.10 Å². The first-order chi connectivity index (χ1) is 10.2. The average Bonchev–Trinajstić information content (AvgIpc) is 2.94. The number of benzene rings is 1. The van der Waals surface area contributed by atoms with Crippen molar-refractivity contribution in [2.75, 3.05) is 13.7 Å². The summed E-state index contributed by atoms with van der Waals surface area (Å²) in [5, 5.41) is 10.8. The van der Waals surface area contributed by atoms with Gasteiger partial charge in [-0.05, 0) is 19.1 Å². The smallest absolute Gasteiger partial charge is 0.360 e. The third-order valence-electron chi connectivity index (χ3n) is 2.19. The number of nitrogens with zero attached hydrogens (tertiary/aromatic N) is 2. The van der Waals surface area contributed by atoms with Gasteiger partial charge in [0, 0.05) is 7.11 Å². The number of hydrogen-bond donors (Lipinski definition) is 1. The highest BCUT2D eigenvalue weighted by Crippen LogP contribution is 2.14. The van der Waals surface area contributed by atoms with Crippen molar-refractivity contribution in [1.82, 2.24) is 9.78 Å². The molecule has 0 aliphatic carbocycles. The molecule has 1 N–H and O–H groups in total. The van der Waals surface area contributed by atoms with Gasteiger partial charge in [-0.25, -0.2) is 13.9 Å². The molecule has 0 saturated carbocycles. The highest BCUT2D eigenvalue weighted by atomic mass is 19.1. The highest BCUT2D eigenvalue weighted by molar-refractivity contribution is 5.88. The molecule has 0 bridgehead atoms. The largest absolute Gasteiger partial charge is 0.461 e. The number of esters is 1. The van der Waals surface area contributed by atoms with E-state index in [1.54, 1.807) is 31.2 Å². The molecule has 0 saturated heterocycles. The van der Waals surface area contributed by atoms with E-state index in [1.165, 1.54) is 4.68 Å². The lowest BCUT2D eigenvalue weighted by Crippen LogP contribution is -2.13. The molecule has 6 heteroatoms. The number of aromatic nitrogens is 2. The van der Waals surface area contributed by atoms with Crippen LogP contribution in [0.2, 0.25) is 0 Å². The van der Waals surface area contributed by atoms with E-state index in [0.29, 0.717) is 5.69 Å². The van der Waals surface area contributed by atoms with Gasteiger partial charge in [-0.1, -0.05) is 32.0 Å². The number of carbonyl (C=O) groups is 1. The zero-order valence-corrected chi connectivity index (χ0v) is 12.7. The summed E-state index contributed by atoms with van der Waals surface area (Å²) in [4.78, 5) is 11.6. The minimum absolute atomic E-state index is 0.182. The molecule has 1 aromatic heterocycles. The van der Waals surface area contributed by atoms with Gasteiger partial charge in [-0.2, -0.15) is 5.10 Å². The van der Waals surface area contributed by atoms with Gasteiger partial charge >= 0.3 is 5.97 Å². The Hall–Kier alpha value is -2.21. The summed E-state index contributed by atoms with van der Waals surface area (Å²) >= 11 is 0. The molecular formula is C15H21FN2O3. The van der Waals surface area contributed by atoms with E-state index < -0.39 is 11.8 Å². The molecule has 0 fully saturated rings. The maximum absolute atomic E-state index is 13.5. The number of aliphatic hydroxyl groups is 1. The summed E-state index contributed by atoms with van der Waals surface area (Å²) in [6, 6.07) is 8.85. The molecule has 0 aliphatic heterocycles. The predicted octanol–water partition coefficient (Wildman–Crippen LogP) is 2.82. The molecule has 2 aromatic rings. The van der Waals surface area contributed by atoms with Crippen LogP contribution in [-0.4, -0.2) is 34.6 Å². The maximum atomic E-state index is 13.5. The van der Waals surface area contributed by atoms with Gasteiger partial charge in [0.15, 0.2) is 11.5 Å². The van der Waals surface area contributed by atoms with Gasteiger partial charge in [-0.15, -0.1) is 0 Å². The Morgan fingerprint density at radius 2 is 1.86 bits per heavy atom. The lowest BCUT2D eigenvalue weighted by Gasteiger charge is -2.06. The van der Waals surface area contributed by atoms with Crippen molar-refractivity contribution in [3.05, 3.63) is 48.0 Å². The number of carbonyl (C=O) groups excluding carboxylic acids is 1. The Balaban J connectivity index is 0.000000921. The van der Waals surface area contributed by atoms with Crippen LogP contribution in [0.5, 0.6) is 0 Å². The summed E-state index contributed by atoms with van der Waals surface area (Å²) in [5.74, 6) is -1.40. The monoisotopic (exact) mass is 296 g/mol. The van der Waals surface area contributed by atoms with Gasteiger partial charge in [0.1, 0.15) is 0 Å². The number of hydrogen-bond acceptors (Lipinski definition) is 4. The summed E-state index contributed by atoms with van der Waals surface area (Å²) in [7, 11) is 1.00. The Labute approximate surface area is 124 Å². The van der Waals surface area contributed by atoms with Gasteiger partial charge in [0.25, 0.3) is 0 Å². The Bertz CT molecular complexity index is 527. The van der Waals surface area contributed by atoms with E-state index in [-0.39, 0.29) is 12.3 Å². The van der Waals surface area contributed by atoms with Crippen LogP contribution in [0.3, 0.4) is 0 Å². The highest BCUT2D eigenvalue weighted by Gasteiger charge is 2.20. The fourth-order valence-electron chi connectivity index (χ4n) is 1.48. The van der Waals surface area contributed by atoms with Crippen LogP contribution >= 0.6 is 0 Å². The number of halogens is 1. The first kappa shape index (κ1) is 18.8. The van der Waals surface area contributed by atoms with Crippen LogP contribution in [-0.2, 0) is 4.74 Å². The molecular weight excluding hydrogens is 275 g/mol. The predicted molar refractivity (Wildman–Crippen MR) is 79.0 cm³/mol. The Kier molecular flexibility index (Phi) is 9.45. The molecule has 0 unspecified atom stereocenters. The molecule has 0 spiro atoms. The lowest BCUT2D eigenvalue weighted by atomic mass is 10.3. The molecule has 21 heavy (non-hydrogen) atoms. The van der Waals surface area contributed by atoms with Gasteiger partial charge < -0.3 is 9.84 Å². The van der Waals surface area contributed by atoms with Crippen molar-refractivity contribution in [3.63, 3.8) is 0 Å². The van der Waals surface area contributed by atoms with Crippen LogP contribution in [0, 0.1) is 5.82 Å². The first-order valence-corrected chi connectivity index (χ1v) is 6.64. The minimum Gasteiger partial charge on any atom is -0.461 e. The summed E-state index contributed by atoms with van der Waals surface area (Å²) in [5.41, 5.74) is 0.428. The van der Waals surface area contributed by atoms with Crippen molar-refractivity contribution >= 4 is 5.97 Å². The van der Waals surface area contributed by atoms with Crippen LogP contribution in [0.25, 0.3) is 5.69 Å². The standard InChI is InChI=1S/C12H11FN2O2.C2H6.CH4O/c1-2-17-12(16)11-10(13)8-14-15(11)9-6-4-3-5-7-9;2*1-2/h3-8H,2H2,1H3;1-2H3;2H,1H3. The second-order valence-corrected chi connectivity index (χ2v) is 3.31. The topological polar surface area (TPSA) is 64.3 Å². The lowest BCUT2D eigenvalue weighted by molar-refractivity contribution is 0.0510. The van der Waals surface area contributed by atoms with Gasteiger partial charge in [-0.3, -0.25) is 0 Å². The molecule has 0 radical (unpaired) electrons. The molecule has 1 heterocycles. The normalized spacial score (nSPS) is 8.86. The fraction of sp³-hybridized carbons (Fsp3) is 0.333. The fourth-order valence-corrected chi connectivity index (χ4v) is 1.48. The second-order valence-electron chi connectivity index (χ2n) is 3.31. The molecule has 5 nitrogen and oxygen atoms in total. The minimum atomic E-state index is -0.716. The number of rotatable bonds is 3. The number of para-hydroxylation sites is 1. The van der Waals surface area contributed by atoms with Crippen LogP contribution in [0.15, 0.2) is 36.5 Å².